The molecular formula is C14H19ClN2O2S. The lowest BCUT2D eigenvalue weighted by Gasteiger charge is -2.13. The lowest BCUT2D eigenvalue weighted by molar-refractivity contribution is 0.579. The monoisotopic (exact) mass is 314 g/mol. The van der Waals surface area contributed by atoms with Gasteiger partial charge in [-0.15, -0.1) is 0 Å². The molecule has 20 heavy (non-hydrogen) atoms. The standard InChI is InChI=1S/C14H19ClN2O2S/c15-13-10-12(16)6-7-14(13)20(18,19)17-9-8-11-4-2-1-3-5-11/h4,6-7,10,17H,1-3,5,8-9,16H2. The third kappa shape index (κ3) is 3.98. The van der Waals surface area contributed by atoms with E-state index in [1.807, 2.05) is 0 Å². The number of halogens is 1. The largest absolute Gasteiger partial charge is 0.399 e. The Bertz CT molecular complexity index is 612. The van der Waals surface area contributed by atoms with Gasteiger partial charge >= 0.3 is 0 Å². The minimum atomic E-state index is -3.57. The van der Waals surface area contributed by atoms with Crippen molar-refractivity contribution in [3.63, 3.8) is 0 Å². The topological polar surface area (TPSA) is 72.2 Å². The molecule has 0 radical (unpaired) electrons. The summed E-state index contributed by atoms with van der Waals surface area (Å²) in [7, 11) is -3.57. The van der Waals surface area contributed by atoms with Crippen LogP contribution in [-0.4, -0.2) is 15.0 Å². The van der Waals surface area contributed by atoms with E-state index in [9.17, 15) is 8.42 Å². The quantitative estimate of drug-likeness (QED) is 0.648. The van der Waals surface area contributed by atoms with Crippen LogP contribution in [0.2, 0.25) is 5.02 Å². The van der Waals surface area contributed by atoms with Crippen molar-refractivity contribution in [3.8, 4) is 0 Å². The van der Waals surface area contributed by atoms with Crippen LogP contribution in [0.1, 0.15) is 32.1 Å². The average Bonchev–Trinajstić information content (AvgIpc) is 2.39. The summed E-state index contributed by atoms with van der Waals surface area (Å²) >= 11 is 5.93. The minimum absolute atomic E-state index is 0.0750. The highest BCUT2D eigenvalue weighted by atomic mass is 35.5. The van der Waals surface area contributed by atoms with Gasteiger partial charge in [-0.05, 0) is 50.3 Å². The van der Waals surface area contributed by atoms with Gasteiger partial charge in [-0.1, -0.05) is 23.3 Å². The lowest BCUT2D eigenvalue weighted by Crippen LogP contribution is -2.25. The SMILES string of the molecule is Nc1ccc(S(=O)(=O)NCCC2=CCCCC2)c(Cl)c1. The molecule has 0 unspecified atom stereocenters. The van der Waals surface area contributed by atoms with E-state index in [1.165, 1.54) is 36.6 Å². The Morgan fingerprint density at radius 2 is 2.10 bits per heavy atom. The Morgan fingerprint density at radius 3 is 2.75 bits per heavy atom. The molecule has 0 aliphatic heterocycles. The molecule has 0 fully saturated rings. The average molecular weight is 315 g/mol. The van der Waals surface area contributed by atoms with Gasteiger partial charge in [0.1, 0.15) is 4.90 Å². The summed E-state index contributed by atoms with van der Waals surface area (Å²) in [6.07, 6.45) is 7.58. The van der Waals surface area contributed by atoms with Crippen LogP contribution in [0.3, 0.4) is 0 Å². The van der Waals surface area contributed by atoms with Gasteiger partial charge in [-0.3, -0.25) is 0 Å². The lowest BCUT2D eigenvalue weighted by atomic mass is 9.97. The second-order valence-corrected chi connectivity index (χ2v) is 7.09. The zero-order chi connectivity index (χ0) is 14.6. The van der Waals surface area contributed by atoms with E-state index >= 15 is 0 Å². The van der Waals surface area contributed by atoms with E-state index < -0.39 is 10.0 Å². The highest BCUT2D eigenvalue weighted by molar-refractivity contribution is 7.89. The number of sulfonamides is 1. The number of anilines is 1. The van der Waals surface area contributed by atoms with Crippen LogP contribution < -0.4 is 10.5 Å². The molecular weight excluding hydrogens is 296 g/mol. The molecule has 0 atom stereocenters. The number of hydrogen-bond donors (Lipinski definition) is 2. The van der Waals surface area contributed by atoms with Gasteiger partial charge in [0.2, 0.25) is 10.0 Å². The fraction of sp³-hybridized carbons (Fsp3) is 0.429. The van der Waals surface area contributed by atoms with E-state index in [2.05, 4.69) is 10.8 Å². The van der Waals surface area contributed by atoms with Crippen molar-refractivity contribution in [1.82, 2.24) is 4.72 Å². The van der Waals surface area contributed by atoms with E-state index in [0.717, 1.165) is 19.3 Å². The number of benzene rings is 1. The first kappa shape index (κ1) is 15.4. The van der Waals surface area contributed by atoms with Crippen LogP contribution in [0.4, 0.5) is 5.69 Å². The molecule has 0 aromatic heterocycles. The number of nitrogens with one attached hydrogen (secondary N) is 1. The van der Waals surface area contributed by atoms with Gasteiger partial charge in [0, 0.05) is 12.2 Å². The van der Waals surface area contributed by atoms with Crippen LogP contribution >= 0.6 is 11.6 Å². The molecule has 0 amide bonds. The molecule has 1 aromatic rings. The number of hydrogen-bond acceptors (Lipinski definition) is 3. The van der Waals surface area contributed by atoms with Crippen LogP contribution in [0.25, 0.3) is 0 Å². The smallest absolute Gasteiger partial charge is 0.242 e. The summed E-state index contributed by atoms with van der Waals surface area (Å²) < 4.78 is 26.9. The molecule has 0 spiro atoms. The van der Waals surface area contributed by atoms with Gasteiger partial charge < -0.3 is 5.73 Å². The molecule has 3 N–H and O–H groups in total. The van der Waals surface area contributed by atoms with Gasteiger partial charge in [0.25, 0.3) is 0 Å². The molecule has 4 nitrogen and oxygen atoms in total. The highest BCUT2D eigenvalue weighted by Crippen LogP contribution is 2.24. The Labute approximate surface area is 125 Å². The normalized spacial score (nSPS) is 15.9. The second kappa shape index (κ2) is 6.61. The Hall–Kier alpha value is -1.04. The molecule has 1 aliphatic carbocycles. The Balaban J connectivity index is 1.98. The van der Waals surface area contributed by atoms with Crippen LogP contribution in [0.5, 0.6) is 0 Å². The van der Waals surface area contributed by atoms with Crippen molar-refractivity contribution in [3.05, 3.63) is 34.9 Å². The van der Waals surface area contributed by atoms with Gasteiger partial charge in [-0.25, -0.2) is 13.1 Å². The number of allylic oxidation sites excluding steroid dienone is 1. The fourth-order valence-corrected chi connectivity index (χ4v) is 3.87. The molecule has 1 aliphatic rings. The second-order valence-electron chi connectivity index (χ2n) is 4.95. The number of nitrogen functional groups attached to an aromatic ring is 1. The molecule has 2 rings (SSSR count). The molecule has 6 heteroatoms. The molecule has 0 bridgehead atoms. The van der Waals surface area contributed by atoms with Crippen LogP contribution in [0.15, 0.2) is 34.7 Å². The molecule has 0 saturated heterocycles. The summed E-state index contributed by atoms with van der Waals surface area (Å²) in [6.45, 7) is 0.398. The summed E-state index contributed by atoms with van der Waals surface area (Å²) in [5.41, 5.74) is 7.34. The fourth-order valence-electron chi connectivity index (χ4n) is 2.29. The van der Waals surface area contributed by atoms with Crippen molar-refractivity contribution < 1.29 is 8.42 Å². The van der Waals surface area contributed by atoms with Crippen molar-refractivity contribution in [2.75, 3.05) is 12.3 Å². The van der Waals surface area contributed by atoms with E-state index in [4.69, 9.17) is 17.3 Å². The molecule has 0 saturated carbocycles. The maximum absolute atomic E-state index is 12.2. The van der Waals surface area contributed by atoms with Gasteiger partial charge in [0.15, 0.2) is 0 Å². The number of nitrogens with two attached hydrogens (primary N) is 1. The number of rotatable bonds is 5. The third-order valence-electron chi connectivity index (χ3n) is 3.37. The zero-order valence-electron chi connectivity index (χ0n) is 11.2. The first-order valence-corrected chi connectivity index (χ1v) is 8.58. The third-order valence-corrected chi connectivity index (χ3v) is 5.31. The first-order valence-electron chi connectivity index (χ1n) is 6.71. The highest BCUT2D eigenvalue weighted by Gasteiger charge is 2.17. The first-order chi connectivity index (χ1) is 9.49. The van der Waals surface area contributed by atoms with Crippen molar-refractivity contribution in [2.24, 2.45) is 0 Å². The summed E-state index contributed by atoms with van der Waals surface area (Å²) in [5.74, 6) is 0. The molecule has 1 aromatic carbocycles. The summed E-state index contributed by atoms with van der Waals surface area (Å²) in [4.78, 5) is 0.0750. The molecule has 110 valence electrons. The summed E-state index contributed by atoms with van der Waals surface area (Å²) in [5, 5.41) is 0.148. The molecule has 0 heterocycles. The Kier molecular flexibility index (Phi) is 5.07. The minimum Gasteiger partial charge on any atom is -0.399 e. The predicted molar refractivity (Wildman–Crippen MR) is 82.2 cm³/mol. The summed E-state index contributed by atoms with van der Waals surface area (Å²) in [6, 6.07) is 4.41. The Morgan fingerprint density at radius 1 is 1.30 bits per heavy atom. The van der Waals surface area contributed by atoms with E-state index in [0.29, 0.717) is 12.2 Å². The maximum Gasteiger partial charge on any atom is 0.242 e. The maximum atomic E-state index is 12.2. The predicted octanol–water partition coefficient (Wildman–Crippen LogP) is 3.09. The van der Waals surface area contributed by atoms with Crippen molar-refractivity contribution >= 4 is 27.3 Å². The van der Waals surface area contributed by atoms with Gasteiger partial charge in [0.05, 0.1) is 5.02 Å². The van der Waals surface area contributed by atoms with Crippen molar-refractivity contribution in [1.29, 1.82) is 0 Å². The van der Waals surface area contributed by atoms with E-state index in [-0.39, 0.29) is 9.92 Å². The van der Waals surface area contributed by atoms with Crippen molar-refractivity contribution in [2.45, 2.75) is 37.0 Å². The van der Waals surface area contributed by atoms with E-state index in [1.54, 1.807) is 0 Å². The zero-order valence-corrected chi connectivity index (χ0v) is 12.8. The van der Waals surface area contributed by atoms with Gasteiger partial charge in [-0.2, -0.15) is 0 Å². The van der Waals surface area contributed by atoms with Crippen LogP contribution in [-0.2, 0) is 10.0 Å². The van der Waals surface area contributed by atoms with Crippen LogP contribution in [0, 0.1) is 0 Å².